The molecule has 138 valence electrons. The Kier molecular flexibility index (Phi) is 7.21. The van der Waals surface area contributed by atoms with E-state index in [0.29, 0.717) is 46.2 Å². The van der Waals surface area contributed by atoms with Gasteiger partial charge in [0, 0.05) is 0 Å². The zero-order chi connectivity index (χ0) is 19.1. The molecular weight excluding hydrogens is 400 g/mol. The predicted octanol–water partition coefficient (Wildman–Crippen LogP) is 4.88. The van der Waals surface area contributed by atoms with Crippen LogP contribution in [0.4, 0.5) is 0 Å². The maximum absolute atomic E-state index is 12.3. The summed E-state index contributed by atoms with van der Waals surface area (Å²) in [5.74, 6) is 0.529. The second-order valence-electron chi connectivity index (χ2n) is 5.98. The van der Waals surface area contributed by atoms with E-state index < -0.39 is 11.9 Å². The maximum Gasteiger partial charge on any atom is 0.343 e. The molecule has 5 nitrogen and oxygen atoms in total. The van der Waals surface area contributed by atoms with Crippen molar-refractivity contribution >= 4 is 27.9 Å². The Morgan fingerprint density at radius 3 is 2.23 bits per heavy atom. The molecule has 0 unspecified atom stereocenters. The van der Waals surface area contributed by atoms with Crippen LogP contribution in [0.2, 0.25) is 0 Å². The van der Waals surface area contributed by atoms with Gasteiger partial charge in [0.15, 0.2) is 0 Å². The topological polar surface area (TPSA) is 61.8 Å². The average Bonchev–Trinajstić information content (AvgIpc) is 2.62. The van der Waals surface area contributed by atoms with Crippen LogP contribution < -0.4 is 9.47 Å². The largest absolute Gasteiger partial charge is 0.493 e. The van der Waals surface area contributed by atoms with Crippen molar-refractivity contribution in [3.8, 4) is 11.5 Å². The molecular formula is C20H21BrO5. The normalized spacial score (nSPS) is 10.5. The van der Waals surface area contributed by atoms with Gasteiger partial charge in [-0.3, -0.25) is 0 Å². The molecule has 0 radical (unpaired) electrons. The minimum atomic E-state index is -0.495. The van der Waals surface area contributed by atoms with E-state index in [1.807, 2.05) is 0 Å². The van der Waals surface area contributed by atoms with Crippen molar-refractivity contribution in [1.29, 1.82) is 0 Å². The minimum absolute atomic E-state index is 0.296. The lowest BCUT2D eigenvalue weighted by molar-refractivity contribution is 0.0526. The highest BCUT2D eigenvalue weighted by Crippen LogP contribution is 2.27. The number of benzene rings is 2. The number of carbonyl (C=O) groups is 2. The van der Waals surface area contributed by atoms with Crippen LogP contribution in [0.15, 0.2) is 46.9 Å². The Labute approximate surface area is 161 Å². The van der Waals surface area contributed by atoms with Gasteiger partial charge >= 0.3 is 11.9 Å². The van der Waals surface area contributed by atoms with E-state index >= 15 is 0 Å². The van der Waals surface area contributed by atoms with Crippen molar-refractivity contribution in [2.24, 2.45) is 5.92 Å². The molecule has 0 aromatic heterocycles. The number of carbonyl (C=O) groups excluding carboxylic acids is 2. The van der Waals surface area contributed by atoms with Gasteiger partial charge in [0.1, 0.15) is 11.5 Å². The van der Waals surface area contributed by atoms with Gasteiger partial charge < -0.3 is 14.2 Å². The van der Waals surface area contributed by atoms with Crippen LogP contribution in [-0.2, 0) is 4.74 Å². The van der Waals surface area contributed by atoms with Gasteiger partial charge in [-0.1, -0.05) is 13.8 Å². The number of hydrogen-bond acceptors (Lipinski definition) is 5. The molecule has 0 amide bonds. The summed E-state index contributed by atoms with van der Waals surface area (Å²) in [6.07, 6.45) is 0. The van der Waals surface area contributed by atoms with Crippen molar-refractivity contribution in [3.05, 3.63) is 58.1 Å². The average molecular weight is 421 g/mol. The minimum Gasteiger partial charge on any atom is -0.493 e. The highest BCUT2D eigenvalue weighted by atomic mass is 79.9. The van der Waals surface area contributed by atoms with Crippen molar-refractivity contribution < 1.29 is 23.8 Å². The first-order chi connectivity index (χ1) is 12.4. The lowest BCUT2D eigenvalue weighted by Crippen LogP contribution is -2.10. The molecule has 2 aromatic rings. The molecule has 2 aromatic carbocycles. The number of ether oxygens (including phenoxy) is 3. The summed E-state index contributed by atoms with van der Waals surface area (Å²) in [4.78, 5) is 24.0. The fourth-order valence-electron chi connectivity index (χ4n) is 2.03. The van der Waals surface area contributed by atoms with E-state index in [-0.39, 0.29) is 0 Å². The Balaban J connectivity index is 2.04. The number of rotatable bonds is 7. The van der Waals surface area contributed by atoms with E-state index in [0.717, 1.165) is 0 Å². The molecule has 0 aliphatic carbocycles. The third-order valence-corrected chi connectivity index (χ3v) is 3.94. The molecule has 0 aliphatic rings. The summed E-state index contributed by atoms with van der Waals surface area (Å²) in [7, 11) is 0. The summed E-state index contributed by atoms with van der Waals surface area (Å²) in [6, 6.07) is 11.4. The van der Waals surface area contributed by atoms with Gasteiger partial charge in [0.05, 0.1) is 28.8 Å². The van der Waals surface area contributed by atoms with Crippen LogP contribution >= 0.6 is 15.9 Å². The van der Waals surface area contributed by atoms with Gasteiger partial charge in [-0.2, -0.15) is 0 Å². The van der Waals surface area contributed by atoms with Crippen LogP contribution in [0, 0.1) is 5.92 Å². The quantitative estimate of drug-likeness (QED) is 0.471. The van der Waals surface area contributed by atoms with Crippen LogP contribution in [0.5, 0.6) is 11.5 Å². The van der Waals surface area contributed by atoms with Crippen LogP contribution in [0.3, 0.4) is 0 Å². The first-order valence-electron chi connectivity index (χ1n) is 8.32. The summed E-state index contributed by atoms with van der Waals surface area (Å²) >= 11 is 3.31. The zero-order valence-electron chi connectivity index (χ0n) is 15.0. The van der Waals surface area contributed by atoms with E-state index in [2.05, 4.69) is 29.8 Å². The standard InChI is InChI=1S/C20H21BrO5/c1-4-24-19(22)15-7-10-18(17(21)11-15)26-20(23)14-5-8-16(9-6-14)25-12-13(2)3/h5-11,13H,4,12H2,1-3H3. The molecule has 0 N–H and O–H groups in total. The highest BCUT2D eigenvalue weighted by Gasteiger charge is 2.14. The maximum atomic E-state index is 12.3. The van der Waals surface area contributed by atoms with Crippen LogP contribution in [0.1, 0.15) is 41.5 Å². The fourth-order valence-corrected chi connectivity index (χ4v) is 2.49. The van der Waals surface area contributed by atoms with Gasteiger partial charge in [0.2, 0.25) is 0 Å². The molecule has 26 heavy (non-hydrogen) atoms. The van der Waals surface area contributed by atoms with Crippen molar-refractivity contribution in [1.82, 2.24) is 0 Å². The zero-order valence-corrected chi connectivity index (χ0v) is 16.5. The van der Waals surface area contributed by atoms with E-state index in [9.17, 15) is 9.59 Å². The van der Waals surface area contributed by atoms with Crippen molar-refractivity contribution in [2.75, 3.05) is 13.2 Å². The molecule has 2 rings (SSSR count). The lowest BCUT2D eigenvalue weighted by atomic mass is 10.2. The Morgan fingerprint density at radius 2 is 1.65 bits per heavy atom. The Bertz CT molecular complexity index is 768. The van der Waals surface area contributed by atoms with Crippen LogP contribution in [0.25, 0.3) is 0 Å². The molecule has 0 saturated heterocycles. The number of hydrogen-bond donors (Lipinski definition) is 0. The molecule has 0 atom stereocenters. The first kappa shape index (κ1) is 20.0. The van der Waals surface area contributed by atoms with Gasteiger partial charge in [0.25, 0.3) is 0 Å². The lowest BCUT2D eigenvalue weighted by Gasteiger charge is -2.10. The molecule has 0 saturated carbocycles. The van der Waals surface area contributed by atoms with Gasteiger partial charge in [-0.25, -0.2) is 9.59 Å². The summed E-state index contributed by atoms with van der Waals surface area (Å²) in [5.41, 5.74) is 0.786. The summed E-state index contributed by atoms with van der Waals surface area (Å²) in [6.45, 7) is 6.78. The van der Waals surface area contributed by atoms with Gasteiger partial charge in [-0.05, 0) is 71.2 Å². The second kappa shape index (κ2) is 9.38. The molecule has 0 heterocycles. The Morgan fingerprint density at radius 1 is 1.00 bits per heavy atom. The summed E-state index contributed by atoms with van der Waals surface area (Å²) in [5, 5.41) is 0. The van der Waals surface area contributed by atoms with Crippen molar-refractivity contribution in [2.45, 2.75) is 20.8 Å². The SMILES string of the molecule is CCOC(=O)c1ccc(OC(=O)c2ccc(OCC(C)C)cc2)c(Br)c1. The smallest absolute Gasteiger partial charge is 0.343 e. The highest BCUT2D eigenvalue weighted by molar-refractivity contribution is 9.10. The Hall–Kier alpha value is -2.34. The summed E-state index contributed by atoms with van der Waals surface area (Å²) < 4.78 is 16.4. The molecule has 0 spiro atoms. The second-order valence-corrected chi connectivity index (χ2v) is 6.84. The molecule has 0 aliphatic heterocycles. The third-order valence-electron chi connectivity index (χ3n) is 3.32. The molecule has 0 bridgehead atoms. The number of halogens is 1. The van der Waals surface area contributed by atoms with E-state index in [1.165, 1.54) is 0 Å². The molecule has 6 heteroatoms. The first-order valence-corrected chi connectivity index (χ1v) is 9.11. The van der Waals surface area contributed by atoms with Crippen LogP contribution in [-0.4, -0.2) is 25.2 Å². The monoisotopic (exact) mass is 420 g/mol. The third kappa shape index (κ3) is 5.59. The predicted molar refractivity (Wildman–Crippen MR) is 102 cm³/mol. The van der Waals surface area contributed by atoms with Gasteiger partial charge in [-0.15, -0.1) is 0 Å². The fraction of sp³-hybridized carbons (Fsp3) is 0.300. The van der Waals surface area contributed by atoms with Crippen molar-refractivity contribution in [3.63, 3.8) is 0 Å². The number of esters is 2. The van der Waals surface area contributed by atoms with E-state index in [4.69, 9.17) is 14.2 Å². The van der Waals surface area contributed by atoms with E-state index in [1.54, 1.807) is 49.4 Å². The molecule has 0 fully saturated rings.